The molecule has 0 aliphatic rings. The van der Waals surface area contributed by atoms with Gasteiger partial charge >= 0.3 is 0 Å². The summed E-state index contributed by atoms with van der Waals surface area (Å²) in [5.41, 5.74) is 11.3. The number of sulfonamides is 1. The molecule has 12 heteroatoms. The second kappa shape index (κ2) is 14.1. The van der Waals surface area contributed by atoms with Gasteiger partial charge in [0.1, 0.15) is 5.75 Å². The number of carbonyl (C=O) groups is 2. The number of phenols is 1. The van der Waals surface area contributed by atoms with Gasteiger partial charge in [0.05, 0.1) is 10.6 Å². The molecule has 3 aromatic rings. The molecule has 5 N–H and O–H groups in total. The van der Waals surface area contributed by atoms with Gasteiger partial charge in [0.25, 0.3) is 10.0 Å². The Hall–Kier alpha value is -4.45. The molecule has 2 amide bonds. The quantitative estimate of drug-likeness (QED) is 0.255. The van der Waals surface area contributed by atoms with E-state index < -0.39 is 16.0 Å². The molecule has 0 heterocycles. The third-order valence-electron chi connectivity index (χ3n) is 4.07. The highest BCUT2D eigenvalue weighted by Crippen LogP contribution is 2.26. The van der Waals surface area contributed by atoms with Crippen LogP contribution in [0, 0.1) is 0 Å². The highest BCUT2D eigenvalue weighted by Gasteiger charge is 2.12. The molecule has 0 aliphatic heterocycles. The molecule has 0 saturated carbocycles. The first kappa shape index (κ1) is 29.6. The Morgan fingerprint density at radius 2 is 1.39 bits per heavy atom. The number of benzene rings is 3. The average molecular weight is 515 g/mol. The van der Waals surface area contributed by atoms with E-state index in [9.17, 15) is 23.1 Å². The summed E-state index contributed by atoms with van der Waals surface area (Å²) >= 11 is 0. The van der Waals surface area contributed by atoms with Gasteiger partial charge in [-0.15, -0.1) is 4.40 Å². The lowest BCUT2D eigenvalue weighted by molar-refractivity contribution is -0.116. The number of nitrogens with two attached hydrogens (primary N) is 2. The largest absolute Gasteiger partial charge is 0.507 e. The van der Waals surface area contributed by atoms with Gasteiger partial charge in [0, 0.05) is 40.0 Å². The van der Waals surface area contributed by atoms with E-state index in [0.29, 0.717) is 11.3 Å². The highest BCUT2D eigenvalue weighted by molar-refractivity contribution is 7.90. The number of phenolic OH excluding ortho intramolecular Hbond substituents is 1. The second-order valence-electron chi connectivity index (χ2n) is 7.60. The molecule has 36 heavy (non-hydrogen) atoms. The van der Waals surface area contributed by atoms with E-state index in [1.165, 1.54) is 40.3 Å². The normalized spacial score (nSPS) is 10.3. The van der Waals surface area contributed by atoms with Crippen LogP contribution in [-0.4, -0.2) is 76.5 Å². The number of rotatable bonds is 6. The fourth-order valence-corrected chi connectivity index (χ4v) is 3.32. The molecular weight excluding hydrogens is 484 g/mol. The third kappa shape index (κ3) is 9.81. The molecule has 0 radical (unpaired) electrons. The van der Waals surface area contributed by atoms with Gasteiger partial charge in [-0.25, -0.2) is 0 Å². The maximum Gasteiger partial charge on any atom is 0.285 e. The Morgan fingerprint density at radius 1 is 0.861 bits per heavy atom. The van der Waals surface area contributed by atoms with Crippen LogP contribution in [0.2, 0.25) is 0 Å². The monoisotopic (exact) mass is 514 g/mol. The lowest BCUT2D eigenvalue weighted by atomic mass is 10.0. The molecule has 0 aliphatic carbocycles. The predicted molar refractivity (Wildman–Crippen MR) is 142 cm³/mol. The predicted octanol–water partition coefficient (Wildman–Crippen LogP) is 1.67. The van der Waals surface area contributed by atoms with E-state index in [0.717, 1.165) is 23.6 Å². The molecule has 0 unspecified atom stereocenters. The summed E-state index contributed by atoms with van der Waals surface area (Å²) in [5, 5.41) is 12.0. The van der Waals surface area contributed by atoms with Gasteiger partial charge in [0.15, 0.2) is 0 Å². The Kier molecular flexibility index (Phi) is 11.6. The molecule has 0 atom stereocenters. The number of fused-ring (bicyclic) bond motifs is 1. The molecular formula is C24H30N6O5S. The van der Waals surface area contributed by atoms with Crippen LogP contribution in [0.25, 0.3) is 10.8 Å². The van der Waals surface area contributed by atoms with E-state index in [4.69, 9.17) is 11.5 Å². The van der Waals surface area contributed by atoms with Crippen molar-refractivity contribution >= 4 is 51.5 Å². The van der Waals surface area contributed by atoms with E-state index in [1.807, 2.05) is 30.3 Å². The molecule has 3 rings (SSSR count). The van der Waals surface area contributed by atoms with Crippen LogP contribution in [0.5, 0.6) is 5.75 Å². The second-order valence-corrected chi connectivity index (χ2v) is 9.20. The molecule has 0 fully saturated rings. The zero-order valence-electron chi connectivity index (χ0n) is 20.4. The molecule has 0 aromatic heterocycles. The maximum absolute atomic E-state index is 11.9. The van der Waals surface area contributed by atoms with Crippen molar-refractivity contribution in [2.75, 3.05) is 28.2 Å². The Bertz CT molecular complexity index is 1300. The highest BCUT2D eigenvalue weighted by atomic mass is 32.2. The number of aliphatic imine (C=N–C) groups is 1. The first-order valence-electron chi connectivity index (χ1n) is 10.4. The summed E-state index contributed by atoms with van der Waals surface area (Å²) in [7, 11) is 2.82. The molecule has 11 nitrogen and oxygen atoms in total. The van der Waals surface area contributed by atoms with Crippen LogP contribution in [0.1, 0.15) is 5.56 Å². The molecule has 3 aromatic carbocycles. The van der Waals surface area contributed by atoms with E-state index in [2.05, 4.69) is 9.39 Å². The van der Waals surface area contributed by atoms with Crippen molar-refractivity contribution in [3.63, 3.8) is 0 Å². The van der Waals surface area contributed by atoms with Gasteiger partial charge in [-0.3, -0.25) is 14.6 Å². The SMILES string of the molecule is CN(C)C=O.CN(C)C=O.NC(N)=NS(=O)(=O)c1ccc(N=Cc2c(O)ccc3ccccc23)cc1. The summed E-state index contributed by atoms with van der Waals surface area (Å²) in [4.78, 5) is 26.0. The number of aromatic hydroxyl groups is 1. The van der Waals surface area contributed by atoms with Crippen molar-refractivity contribution in [3.05, 3.63) is 66.2 Å². The molecule has 0 spiro atoms. The first-order chi connectivity index (χ1) is 16.9. The van der Waals surface area contributed by atoms with Crippen molar-refractivity contribution in [3.8, 4) is 5.75 Å². The summed E-state index contributed by atoms with van der Waals surface area (Å²) in [6.07, 6.45) is 3.04. The van der Waals surface area contributed by atoms with Gasteiger partial charge in [-0.2, -0.15) is 8.42 Å². The van der Waals surface area contributed by atoms with Gasteiger partial charge in [-0.1, -0.05) is 30.3 Å². The van der Waals surface area contributed by atoms with Crippen LogP contribution < -0.4 is 11.5 Å². The molecule has 192 valence electrons. The Labute approximate surface area is 210 Å². The van der Waals surface area contributed by atoms with E-state index >= 15 is 0 Å². The minimum absolute atomic E-state index is 0.0436. The van der Waals surface area contributed by atoms with Crippen LogP contribution in [0.3, 0.4) is 0 Å². The topological polar surface area (TPSA) is 172 Å². The Morgan fingerprint density at radius 3 is 1.89 bits per heavy atom. The lowest BCUT2D eigenvalue weighted by Gasteiger charge is -2.05. The van der Waals surface area contributed by atoms with Crippen molar-refractivity contribution in [2.45, 2.75) is 4.90 Å². The number of hydrogen-bond donors (Lipinski definition) is 3. The summed E-state index contributed by atoms with van der Waals surface area (Å²) in [5.74, 6) is -0.419. The van der Waals surface area contributed by atoms with Crippen molar-refractivity contribution in [1.29, 1.82) is 0 Å². The zero-order valence-corrected chi connectivity index (χ0v) is 21.3. The zero-order chi connectivity index (χ0) is 27.3. The minimum atomic E-state index is -3.93. The lowest BCUT2D eigenvalue weighted by Crippen LogP contribution is -2.24. The average Bonchev–Trinajstić information content (AvgIpc) is 2.83. The minimum Gasteiger partial charge on any atom is -0.507 e. The summed E-state index contributed by atoms with van der Waals surface area (Å²) < 4.78 is 27.0. The standard InChI is InChI=1S/C18H16N4O3S.2C3H7NO/c19-18(20)22-26(24,25)14-8-6-13(7-9-14)21-11-16-15-4-2-1-3-12(15)5-10-17(16)23;2*1-4(2)3-5/h1-11,23H,(H4,19,20,22);2*3H,1-2H3. The van der Waals surface area contributed by atoms with Crippen molar-refractivity contribution < 1.29 is 23.1 Å². The number of nitrogens with zero attached hydrogens (tertiary/aromatic N) is 4. The first-order valence-corrected chi connectivity index (χ1v) is 11.8. The van der Waals surface area contributed by atoms with Gasteiger partial charge in [0.2, 0.25) is 18.8 Å². The van der Waals surface area contributed by atoms with E-state index in [1.54, 1.807) is 34.3 Å². The van der Waals surface area contributed by atoms with E-state index in [-0.39, 0.29) is 10.6 Å². The third-order valence-corrected chi connectivity index (χ3v) is 5.39. The molecule has 0 saturated heterocycles. The van der Waals surface area contributed by atoms with Crippen molar-refractivity contribution in [2.24, 2.45) is 20.9 Å². The number of guanidine groups is 1. The summed E-state index contributed by atoms with van der Waals surface area (Å²) in [6, 6.07) is 16.8. The van der Waals surface area contributed by atoms with Crippen LogP contribution >= 0.6 is 0 Å². The molecule has 0 bridgehead atoms. The Balaban J connectivity index is 0.000000550. The number of carbonyl (C=O) groups excluding carboxylic acids is 2. The van der Waals surface area contributed by atoms with Crippen LogP contribution in [0.15, 0.2) is 74.9 Å². The van der Waals surface area contributed by atoms with Crippen LogP contribution in [0.4, 0.5) is 5.69 Å². The maximum atomic E-state index is 11.9. The number of amides is 2. The van der Waals surface area contributed by atoms with Gasteiger partial charge in [-0.05, 0) is 41.1 Å². The van der Waals surface area contributed by atoms with Gasteiger partial charge < -0.3 is 26.4 Å². The van der Waals surface area contributed by atoms with Crippen molar-refractivity contribution in [1.82, 2.24) is 9.80 Å². The fourth-order valence-electron chi connectivity index (χ4n) is 2.45. The smallest absolute Gasteiger partial charge is 0.285 e. The fraction of sp³-hybridized carbons (Fsp3) is 0.167. The van der Waals surface area contributed by atoms with Crippen LogP contribution in [-0.2, 0) is 19.6 Å². The summed E-state index contributed by atoms with van der Waals surface area (Å²) in [6.45, 7) is 0. The number of hydrogen-bond acceptors (Lipinski definition) is 6.